The minimum Gasteiger partial charge on any atom is -0.399 e. The second-order valence-corrected chi connectivity index (χ2v) is 8.65. The molecule has 140 valence electrons. The number of benzene rings is 2. The quantitative estimate of drug-likeness (QED) is 0.631. The van der Waals surface area contributed by atoms with Crippen LogP contribution in [0.25, 0.3) is 0 Å². The molecule has 1 saturated carbocycles. The topological polar surface area (TPSA) is 52.0 Å². The van der Waals surface area contributed by atoms with Gasteiger partial charge in [0.15, 0.2) is 0 Å². The minimum atomic E-state index is 0.0822. The number of nitrogens with two attached hydrogens (primary N) is 2. The third-order valence-electron chi connectivity index (χ3n) is 6.13. The van der Waals surface area contributed by atoms with E-state index in [0.29, 0.717) is 11.8 Å². The van der Waals surface area contributed by atoms with Crippen molar-refractivity contribution in [3.63, 3.8) is 0 Å². The van der Waals surface area contributed by atoms with E-state index in [1.165, 1.54) is 54.4 Å². The molecule has 0 unspecified atom stereocenters. The Morgan fingerprint density at radius 1 is 0.692 bits per heavy atom. The fourth-order valence-electron chi connectivity index (χ4n) is 4.83. The maximum Gasteiger partial charge on any atom is 0.0317 e. The number of rotatable bonds is 4. The molecule has 1 aliphatic carbocycles. The molecule has 0 spiro atoms. The van der Waals surface area contributed by atoms with Crippen molar-refractivity contribution in [2.75, 3.05) is 11.5 Å². The van der Waals surface area contributed by atoms with Gasteiger partial charge in [0.05, 0.1) is 0 Å². The number of hydrogen-bond donors (Lipinski definition) is 2. The van der Waals surface area contributed by atoms with Crippen molar-refractivity contribution < 1.29 is 0 Å². The van der Waals surface area contributed by atoms with Gasteiger partial charge in [-0.15, -0.1) is 0 Å². The van der Waals surface area contributed by atoms with Gasteiger partial charge in [0.1, 0.15) is 0 Å². The lowest BCUT2D eigenvalue weighted by molar-refractivity contribution is 0.340. The van der Waals surface area contributed by atoms with Crippen LogP contribution in [0.4, 0.5) is 11.4 Å². The first kappa shape index (κ1) is 18.8. The molecule has 0 aromatic heterocycles. The summed E-state index contributed by atoms with van der Waals surface area (Å²) in [5, 5.41) is 0. The van der Waals surface area contributed by atoms with E-state index in [0.717, 1.165) is 11.4 Å². The minimum absolute atomic E-state index is 0.0822. The van der Waals surface area contributed by atoms with E-state index in [-0.39, 0.29) is 5.41 Å². The zero-order valence-corrected chi connectivity index (χ0v) is 16.8. The van der Waals surface area contributed by atoms with Gasteiger partial charge in [-0.25, -0.2) is 0 Å². The summed E-state index contributed by atoms with van der Waals surface area (Å²) in [5.74, 6) is 0.923. The Balaban J connectivity index is 2.28. The summed E-state index contributed by atoms with van der Waals surface area (Å²) in [5.41, 5.74) is 19.9. The molecular weight excluding hydrogens is 316 g/mol. The van der Waals surface area contributed by atoms with Crippen LogP contribution in [0, 0.1) is 0 Å². The molecule has 1 fully saturated rings. The summed E-state index contributed by atoms with van der Waals surface area (Å²) in [7, 11) is 0. The van der Waals surface area contributed by atoms with E-state index in [4.69, 9.17) is 11.5 Å². The van der Waals surface area contributed by atoms with Gasteiger partial charge < -0.3 is 11.5 Å². The smallest absolute Gasteiger partial charge is 0.0317 e. The van der Waals surface area contributed by atoms with Gasteiger partial charge in [-0.1, -0.05) is 59.1 Å². The largest absolute Gasteiger partial charge is 0.399 e. The molecular formula is C24H34N2. The van der Waals surface area contributed by atoms with Crippen LogP contribution in [0.3, 0.4) is 0 Å². The van der Waals surface area contributed by atoms with Gasteiger partial charge in [0.25, 0.3) is 0 Å². The van der Waals surface area contributed by atoms with Crippen LogP contribution in [0.2, 0.25) is 0 Å². The molecule has 0 radical (unpaired) electrons. The molecule has 0 saturated heterocycles. The van der Waals surface area contributed by atoms with Crippen molar-refractivity contribution in [1.82, 2.24) is 0 Å². The van der Waals surface area contributed by atoms with Crippen LogP contribution in [0.1, 0.15) is 93.9 Å². The highest BCUT2D eigenvalue weighted by Gasteiger charge is 2.39. The van der Waals surface area contributed by atoms with E-state index in [1.54, 1.807) is 0 Å². The van der Waals surface area contributed by atoms with E-state index < -0.39 is 0 Å². The summed E-state index contributed by atoms with van der Waals surface area (Å²) in [4.78, 5) is 0. The van der Waals surface area contributed by atoms with Crippen LogP contribution in [-0.2, 0) is 5.41 Å². The SMILES string of the molecule is CC(C)c1cc(N)ccc1C1(c2ccc(N)cc2C(C)C)CCCCC1. The zero-order chi connectivity index (χ0) is 18.9. The normalized spacial score (nSPS) is 17.0. The molecule has 4 N–H and O–H groups in total. The highest BCUT2D eigenvalue weighted by molar-refractivity contribution is 5.56. The van der Waals surface area contributed by atoms with Gasteiger partial charge in [0.2, 0.25) is 0 Å². The standard InChI is InChI=1S/C24H34N2/c1-16(2)20-14-18(25)8-10-22(20)24(12-6-5-7-13-24)23-11-9-19(26)15-21(23)17(3)4/h8-11,14-17H,5-7,12-13,25-26H2,1-4H3. The summed E-state index contributed by atoms with van der Waals surface area (Å²) < 4.78 is 0. The Bertz CT molecular complexity index is 708. The average Bonchev–Trinajstić information content (AvgIpc) is 2.62. The van der Waals surface area contributed by atoms with Gasteiger partial charge in [-0.3, -0.25) is 0 Å². The van der Waals surface area contributed by atoms with Crippen molar-refractivity contribution in [3.8, 4) is 0 Å². The highest BCUT2D eigenvalue weighted by Crippen LogP contribution is 2.49. The summed E-state index contributed by atoms with van der Waals surface area (Å²) >= 11 is 0. The predicted molar refractivity (Wildman–Crippen MR) is 114 cm³/mol. The third kappa shape index (κ3) is 3.34. The fourth-order valence-corrected chi connectivity index (χ4v) is 4.83. The van der Waals surface area contributed by atoms with Crippen molar-refractivity contribution in [2.24, 2.45) is 0 Å². The van der Waals surface area contributed by atoms with Crippen LogP contribution >= 0.6 is 0 Å². The molecule has 2 nitrogen and oxygen atoms in total. The maximum atomic E-state index is 6.16. The van der Waals surface area contributed by atoms with Crippen LogP contribution in [-0.4, -0.2) is 0 Å². The van der Waals surface area contributed by atoms with Crippen LogP contribution in [0.15, 0.2) is 36.4 Å². The Labute approximate surface area is 159 Å². The van der Waals surface area contributed by atoms with E-state index in [2.05, 4.69) is 64.1 Å². The molecule has 26 heavy (non-hydrogen) atoms. The molecule has 0 heterocycles. The van der Waals surface area contributed by atoms with E-state index in [9.17, 15) is 0 Å². The first-order valence-corrected chi connectivity index (χ1v) is 10.1. The van der Waals surface area contributed by atoms with Crippen molar-refractivity contribution in [1.29, 1.82) is 0 Å². The third-order valence-corrected chi connectivity index (χ3v) is 6.13. The fraction of sp³-hybridized carbons (Fsp3) is 0.500. The molecule has 0 bridgehead atoms. The van der Waals surface area contributed by atoms with Gasteiger partial charge in [-0.2, -0.15) is 0 Å². The second kappa shape index (κ2) is 7.34. The van der Waals surface area contributed by atoms with Crippen molar-refractivity contribution >= 4 is 11.4 Å². The van der Waals surface area contributed by atoms with Crippen molar-refractivity contribution in [2.45, 2.75) is 77.0 Å². The highest BCUT2D eigenvalue weighted by atomic mass is 14.6. The lowest BCUT2D eigenvalue weighted by Crippen LogP contribution is -2.33. The molecule has 0 amide bonds. The summed E-state index contributed by atoms with van der Waals surface area (Å²) in [6.45, 7) is 9.12. The summed E-state index contributed by atoms with van der Waals surface area (Å²) in [6.07, 6.45) is 6.31. The maximum absolute atomic E-state index is 6.16. The van der Waals surface area contributed by atoms with Crippen molar-refractivity contribution in [3.05, 3.63) is 58.7 Å². The van der Waals surface area contributed by atoms with Gasteiger partial charge in [0, 0.05) is 16.8 Å². The molecule has 2 heteroatoms. The van der Waals surface area contributed by atoms with Gasteiger partial charge >= 0.3 is 0 Å². The Morgan fingerprint density at radius 3 is 1.50 bits per heavy atom. The first-order chi connectivity index (χ1) is 12.3. The number of hydrogen-bond acceptors (Lipinski definition) is 2. The molecule has 0 aliphatic heterocycles. The second-order valence-electron chi connectivity index (χ2n) is 8.65. The number of nitrogen functional groups attached to an aromatic ring is 2. The Hall–Kier alpha value is -1.96. The molecule has 2 aromatic rings. The monoisotopic (exact) mass is 350 g/mol. The Morgan fingerprint density at radius 2 is 1.12 bits per heavy atom. The number of anilines is 2. The van der Waals surface area contributed by atoms with E-state index >= 15 is 0 Å². The molecule has 0 atom stereocenters. The average molecular weight is 351 g/mol. The molecule has 3 rings (SSSR count). The predicted octanol–water partition coefficient (Wildman–Crippen LogP) is 6.35. The zero-order valence-electron chi connectivity index (χ0n) is 16.8. The molecule has 1 aliphatic rings. The Kier molecular flexibility index (Phi) is 5.32. The first-order valence-electron chi connectivity index (χ1n) is 10.1. The van der Waals surface area contributed by atoms with Crippen LogP contribution in [0.5, 0.6) is 0 Å². The van der Waals surface area contributed by atoms with E-state index in [1.807, 2.05) is 0 Å². The van der Waals surface area contributed by atoms with Gasteiger partial charge in [-0.05, 0) is 71.2 Å². The molecule has 2 aromatic carbocycles. The van der Waals surface area contributed by atoms with Crippen LogP contribution < -0.4 is 11.5 Å². The lowest BCUT2D eigenvalue weighted by Gasteiger charge is -2.42. The lowest BCUT2D eigenvalue weighted by atomic mass is 9.62. The summed E-state index contributed by atoms with van der Waals surface area (Å²) in [6, 6.07) is 13.2.